The van der Waals surface area contributed by atoms with Gasteiger partial charge in [-0.05, 0) is 55.2 Å². The maximum Gasteiger partial charge on any atom is 0.328 e. The highest BCUT2D eigenvalue weighted by Gasteiger charge is 2.10. The van der Waals surface area contributed by atoms with E-state index in [9.17, 15) is 4.79 Å². The summed E-state index contributed by atoms with van der Waals surface area (Å²) in [6.07, 6.45) is 2.81. The highest BCUT2D eigenvalue weighted by molar-refractivity contribution is 5.85. The van der Waals surface area contributed by atoms with Crippen LogP contribution in [0.25, 0.3) is 6.08 Å². The van der Waals surface area contributed by atoms with Crippen molar-refractivity contribution in [1.82, 2.24) is 0 Å². The van der Waals surface area contributed by atoms with E-state index in [2.05, 4.69) is 25.2 Å². The van der Waals surface area contributed by atoms with Gasteiger partial charge in [0.05, 0.1) is 6.10 Å². The molecule has 2 aromatic carbocycles. The monoisotopic (exact) mass is 339 g/mol. The first-order valence-corrected chi connectivity index (χ1v) is 8.44. The number of benzene rings is 2. The van der Waals surface area contributed by atoms with Crippen molar-refractivity contribution in [2.75, 3.05) is 5.32 Å². The zero-order valence-electron chi connectivity index (χ0n) is 15.1. The smallest absolute Gasteiger partial charge is 0.328 e. The Morgan fingerprint density at radius 2 is 1.68 bits per heavy atom. The predicted molar refractivity (Wildman–Crippen MR) is 103 cm³/mol. The molecule has 4 heteroatoms. The summed E-state index contributed by atoms with van der Waals surface area (Å²) in [5.74, 6) is 0.337. The summed E-state index contributed by atoms with van der Waals surface area (Å²) in [5, 5.41) is 12.0. The molecule has 0 unspecified atom stereocenters. The van der Waals surface area contributed by atoms with Gasteiger partial charge in [-0.3, -0.25) is 0 Å². The molecule has 25 heavy (non-hydrogen) atoms. The molecule has 0 radical (unpaired) electrons. The second kappa shape index (κ2) is 8.38. The predicted octanol–water partition coefficient (Wildman–Crippen LogP) is 5.44. The zero-order chi connectivity index (χ0) is 18.4. The van der Waals surface area contributed by atoms with Gasteiger partial charge in [0, 0.05) is 23.5 Å². The normalized spacial score (nSPS) is 11.3. The summed E-state index contributed by atoms with van der Waals surface area (Å²) in [4.78, 5) is 10.6. The SMILES string of the molecule is CC(C)Oc1cc(Nc2ccc(/C=C/C(=O)O)cc2)ccc1C(C)C. The maximum absolute atomic E-state index is 10.6. The lowest BCUT2D eigenvalue weighted by Crippen LogP contribution is -2.08. The van der Waals surface area contributed by atoms with Crippen molar-refractivity contribution in [2.24, 2.45) is 0 Å². The van der Waals surface area contributed by atoms with Crippen molar-refractivity contribution >= 4 is 23.4 Å². The molecule has 0 atom stereocenters. The number of ether oxygens (including phenoxy) is 1. The number of hydrogen-bond donors (Lipinski definition) is 2. The van der Waals surface area contributed by atoms with Crippen LogP contribution in [0.3, 0.4) is 0 Å². The maximum atomic E-state index is 10.6. The Morgan fingerprint density at radius 3 is 2.24 bits per heavy atom. The summed E-state index contributed by atoms with van der Waals surface area (Å²) in [5.41, 5.74) is 3.91. The van der Waals surface area contributed by atoms with Gasteiger partial charge in [0.1, 0.15) is 5.75 Å². The van der Waals surface area contributed by atoms with Gasteiger partial charge in [0.2, 0.25) is 0 Å². The number of carboxylic acid groups (broad SMARTS) is 1. The average molecular weight is 339 g/mol. The van der Waals surface area contributed by atoms with Crippen LogP contribution in [0, 0.1) is 0 Å². The molecule has 0 heterocycles. The standard InChI is InChI=1S/C21H25NO3/c1-14(2)19-11-10-18(13-20(19)25-15(3)4)22-17-8-5-16(6-9-17)7-12-21(23)24/h5-15,22H,1-4H3,(H,23,24)/b12-7+. The minimum atomic E-state index is -0.954. The minimum Gasteiger partial charge on any atom is -0.491 e. The van der Waals surface area contributed by atoms with Crippen molar-refractivity contribution in [3.05, 3.63) is 59.7 Å². The number of aliphatic carboxylic acids is 1. The van der Waals surface area contributed by atoms with Crippen LogP contribution in [0.15, 0.2) is 48.5 Å². The van der Waals surface area contributed by atoms with Gasteiger partial charge in [-0.25, -0.2) is 4.79 Å². The lowest BCUT2D eigenvalue weighted by Gasteiger charge is -2.18. The Labute approximate surface area is 149 Å². The first-order chi connectivity index (χ1) is 11.8. The second-order valence-electron chi connectivity index (χ2n) is 6.49. The summed E-state index contributed by atoms with van der Waals surface area (Å²) in [6, 6.07) is 13.7. The third-order valence-electron chi connectivity index (χ3n) is 3.62. The van der Waals surface area contributed by atoms with E-state index in [4.69, 9.17) is 9.84 Å². The number of nitrogens with one attached hydrogen (secondary N) is 1. The number of rotatable bonds is 7. The Balaban J connectivity index is 2.18. The molecular weight excluding hydrogens is 314 g/mol. The quantitative estimate of drug-likeness (QED) is 0.660. The molecule has 0 aliphatic carbocycles. The molecule has 0 aromatic heterocycles. The number of hydrogen-bond acceptors (Lipinski definition) is 3. The van der Waals surface area contributed by atoms with Crippen molar-refractivity contribution < 1.29 is 14.6 Å². The first-order valence-electron chi connectivity index (χ1n) is 8.44. The van der Waals surface area contributed by atoms with E-state index in [1.54, 1.807) is 6.08 Å². The molecule has 0 amide bonds. The van der Waals surface area contributed by atoms with Gasteiger partial charge in [-0.15, -0.1) is 0 Å². The second-order valence-corrected chi connectivity index (χ2v) is 6.49. The fourth-order valence-corrected chi connectivity index (χ4v) is 2.46. The van der Waals surface area contributed by atoms with Crippen LogP contribution in [0.2, 0.25) is 0 Å². The van der Waals surface area contributed by atoms with E-state index in [0.29, 0.717) is 5.92 Å². The Morgan fingerprint density at radius 1 is 1.04 bits per heavy atom. The largest absolute Gasteiger partial charge is 0.491 e. The average Bonchev–Trinajstić information content (AvgIpc) is 2.53. The van der Waals surface area contributed by atoms with Crippen LogP contribution in [0.1, 0.15) is 44.7 Å². The Bertz CT molecular complexity index is 746. The van der Waals surface area contributed by atoms with Crippen LogP contribution < -0.4 is 10.1 Å². The molecule has 0 aliphatic heterocycles. The molecule has 0 spiro atoms. The molecule has 0 fully saturated rings. The zero-order valence-corrected chi connectivity index (χ0v) is 15.1. The number of anilines is 2. The van der Waals surface area contributed by atoms with Gasteiger partial charge in [0.25, 0.3) is 0 Å². The molecule has 4 nitrogen and oxygen atoms in total. The number of carbonyl (C=O) groups is 1. The van der Waals surface area contributed by atoms with E-state index in [1.807, 2.05) is 50.2 Å². The topological polar surface area (TPSA) is 58.6 Å². The van der Waals surface area contributed by atoms with Crippen LogP contribution >= 0.6 is 0 Å². The first kappa shape index (κ1) is 18.6. The molecule has 0 saturated heterocycles. The van der Waals surface area contributed by atoms with Crippen LogP contribution in [0.4, 0.5) is 11.4 Å². The van der Waals surface area contributed by atoms with Crippen molar-refractivity contribution in [2.45, 2.75) is 39.7 Å². The van der Waals surface area contributed by atoms with Crippen molar-refractivity contribution in [1.29, 1.82) is 0 Å². The van der Waals surface area contributed by atoms with Gasteiger partial charge < -0.3 is 15.2 Å². The summed E-state index contributed by atoms with van der Waals surface area (Å²) < 4.78 is 5.95. The Hall–Kier alpha value is -2.75. The van der Waals surface area contributed by atoms with E-state index >= 15 is 0 Å². The van der Waals surface area contributed by atoms with Gasteiger partial charge in [-0.2, -0.15) is 0 Å². The molecule has 2 rings (SSSR count). The molecule has 0 aliphatic rings. The van der Waals surface area contributed by atoms with Crippen molar-refractivity contribution in [3.63, 3.8) is 0 Å². The van der Waals surface area contributed by atoms with Gasteiger partial charge >= 0.3 is 5.97 Å². The van der Waals surface area contributed by atoms with Crippen molar-refractivity contribution in [3.8, 4) is 5.75 Å². The van der Waals surface area contributed by atoms with E-state index in [-0.39, 0.29) is 6.10 Å². The van der Waals surface area contributed by atoms with E-state index in [0.717, 1.165) is 28.8 Å². The van der Waals surface area contributed by atoms with E-state index in [1.165, 1.54) is 5.56 Å². The van der Waals surface area contributed by atoms with E-state index < -0.39 is 5.97 Å². The summed E-state index contributed by atoms with van der Waals surface area (Å²) in [6.45, 7) is 8.35. The van der Waals surface area contributed by atoms with Gasteiger partial charge in [0.15, 0.2) is 0 Å². The summed E-state index contributed by atoms with van der Waals surface area (Å²) in [7, 11) is 0. The lowest BCUT2D eigenvalue weighted by molar-refractivity contribution is -0.131. The highest BCUT2D eigenvalue weighted by Crippen LogP contribution is 2.31. The molecule has 0 saturated carbocycles. The Kier molecular flexibility index (Phi) is 6.23. The van der Waals surface area contributed by atoms with Gasteiger partial charge in [-0.1, -0.05) is 32.0 Å². The fraction of sp³-hybridized carbons (Fsp3) is 0.286. The highest BCUT2D eigenvalue weighted by atomic mass is 16.5. The van der Waals surface area contributed by atoms with Crippen LogP contribution in [-0.4, -0.2) is 17.2 Å². The minimum absolute atomic E-state index is 0.119. The van der Waals surface area contributed by atoms with Crippen LogP contribution in [0.5, 0.6) is 5.75 Å². The van der Waals surface area contributed by atoms with Crippen LogP contribution in [-0.2, 0) is 4.79 Å². The molecule has 132 valence electrons. The summed E-state index contributed by atoms with van der Waals surface area (Å²) >= 11 is 0. The third kappa shape index (κ3) is 5.68. The fourth-order valence-electron chi connectivity index (χ4n) is 2.46. The third-order valence-corrected chi connectivity index (χ3v) is 3.62. The molecule has 2 aromatic rings. The molecule has 2 N–H and O–H groups in total. The number of carboxylic acids is 1. The molecular formula is C21H25NO3. The lowest BCUT2D eigenvalue weighted by atomic mass is 10.0. The molecule has 0 bridgehead atoms.